The number of unbranched alkanes of at least 4 members (excludes halogenated alkanes) is 1. The highest BCUT2D eigenvalue weighted by Crippen LogP contribution is 2.60. The predicted octanol–water partition coefficient (Wildman–Crippen LogP) is 8.19. The van der Waals surface area contributed by atoms with Crippen LogP contribution in [0.1, 0.15) is 111 Å². The molecule has 0 N–H and O–H groups in total. The summed E-state index contributed by atoms with van der Waals surface area (Å²) < 4.78 is 5.65. The molecule has 0 heterocycles. The Hall–Kier alpha value is -0.300. The van der Waals surface area contributed by atoms with Gasteiger partial charge >= 0.3 is 0 Å². The largest absolute Gasteiger partial charge is 0.381 e. The van der Waals surface area contributed by atoms with Crippen LogP contribution in [0, 0.1) is 35.0 Å². The summed E-state index contributed by atoms with van der Waals surface area (Å²) >= 11 is 0. The molecule has 1 heteroatoms. The molecule has 0 saturated heterocycles. The number of fused-ring (bicyclic) bond motifs is 1. The minimum atomic E-state index is 0.482. The number of hydrogen-bond donors (Lipinski definition) is 0. The van der Waals surface area contributed by atoms with Gasteiger partial charge in [0.2, 0.25) is 0 Å². The summed E-state index contributed by atoms with van der Waals surface area (Å²) in [5.41, 5.74) is 2.33. The lowest BCUT2D eigenvalue weighted by Crippen LogP contribution is -2.40. The Balaban J connectivity index is 1.59. The monoisotopic (exact) mass is 388 g/mol. The van der Waals surface area contributed by atoms with Gasteiger partial charge in [0.1, 0.15) is 0 Å². The second-order valence-electron chi connectivity index (χ2n) is 11.3. The summed E-state index contributed by atoms with van der Waals surface area (Å²) in [7, 11) is 1.89. The van der Waals surface area contributed by atoms with Gasteiger partial charge in [0.25, 0.3) is 0 Å². The maximum Gasteiger partial charge on any atom is 0.0608 e. The Morgan fingerprint density at radius 3 is 2.71 bits per heavy atom. The molecule has 0 radical (unpaired) electrons. The van der Waals surface area contributed by atoms with E-state index >= 15 is 0 Å². The number of ether oxygens (including phenoxy) is 1. The van der Waals surface area contributed by atoms with Crippen LogP contribution in [0.2, 0.25) is 0 Å². The smallest absolute Gasteiger partial charge is 0.0608 e. The minimum absolute atomic E-state index is 0.482. The Morgan fingerprint density at radius 1 is 1.14 bits per heavy atom. The summed E-state index contributed by atoms with van der Waals surface area (Å²) in [6.45, 7) is 9.98. The summed E-state index contributed by atoms with van der Waals surface area (Å²) in [6.07, 6.45) is 21.4. The minimum Gasteiger partial charge on any atom is -0.381 e. The van der Waals surface area contributed by atoms with Crippen molar-refractivity contribution in [3.05, 3.63) is 11.6 Å². The van der Waals surface area contributed by atoms with E-state index in [1.54, 1.807) is 5.57 Å². The predicted molar refractivity (Wildman–Crippen MR) is 121 cm³/mol. The first-order valence-corrected chi connectivity index (χ1v) is 12.6. The highest BCUT2D eigenvalue weighted by molar-refractivity contribution is 5.09. The molecule has 0 aromatic carbocycles. The Kier molecular flexibility index (Phi) is 8.11. The molecule has 0 aromatic heterocycles. The first-order chi connectivity index (χ1) is 13.4. The van der Waals surface area contributed by atoms with E-state index in [1.165, 1.54) is 83.5 Å². The number of methoxy groups -OCH3 is 1. The SMILES string of the molecule is COC1CCC/C(=C\CC2C(C)CCC3(C)C(CCCCC(C)C)CCC23)C1. The third-order valence-electron chi connectivity index (χ3n) is 9.10. The first kappa shape index (κ1) is 22.4. The summed E-state index contributed by atoms with van der Waals surface area (Å²) in [5.74, 6) is 4.69. The third-order valence-corrected chi connectivity index (χ3v) is 9.10. The van der Waals surface area contributed by atoms with Gasteiger partial charge in [-0.15, -0.1) is 0 Å². The second-order valence-corrected chi connectivity index (χ2v) is 11.3. The van der Waals surface area contributed by atoms with Gasteiger partial charge in [-0.3, -0.25) is 0 Å². The summed E-state index contributed by atoms with van der Waals surface area (Å²) in [6, 6.07) is 0. The van der Waals surface area contributed by atoms with E-state index < -0.39 is 0 Å². The lowest BCUT2D eigenvalue weighted by Gasteiger charge is -2.48. The number of hydrogen-bond acceptors (Lipinski definition) is 1. The number of allylic oxidation sites excluding steroid dienone is 1. The van der Waals surface area contributed by atoms with Crippen LogP contribution >= 0.6 is 0 Å². The molecule has 6 unspecified atom stereocenters. The maximum atomic E-state index is 5.65. The van der Waals surface area contributed by atoms with Crippen molar-refractivity contribution in [2.75, 3.05) is 7.11 Å². The molecule has 1 nitrogen and oxygen atoms in total. The third kappa shape index (κ3) is 5.24. The number of rotatable bonds is 8. The van der Waals surface area contributed by atoms with Crippen molar-refractivity contribution in [1.29, 1.82) is 0 Å². The summed E-state index contributed by atoms with van der Waals surface area (Å²) in [5, 5.41) is 0. The molecule has 6 atom stereocenters. The molecule has 3 saturated carbocycles. The van der Waals surface area contributed by atoms with Crippen molar-refractivity contribution in [2.24, 2.45) is 35.0 Å². The van der Waals surface area contributed by atoms with Gasteiger partial charge < -0.3 is 4.74 Å². The van der Waals surface area contributed by atoms with E-state index in [2.05, 4.69) is 33.8 Å². The van der Waals surface area contributed by atoms with E-state index in [0.29, 0.717) is 11.5 Å². The molecular formula is C27H48O. The Labute approximate surface area is 176 Å². The zero-order chi connectivity index (χ0) is 20.1. The summed E-state index contributed by atoms with van der Waals surface area (Å²) in [4.78, 5) is 0. The van der Waals surface area contributed by atoms with E-state index in [1.807, 2.05) is 7.11 Å². The topological polar surface area (TPSA) is 9.23 Å². The molecule has 3 rings (SSSR count). The zero-order valence-corrected chi connectivity index (χ0v) is 19.6. The molecule has 3 aliphatic rings. The van der Waals surface area contributed by atoms with Gasteiger partial charge in [-0.2, -0.15) is 0 Å². The van der Waals surface area contributed by atoms with Crippen LogP contribution in [0.4, 0.5) is 0 Å². The van der Waals surface area contributed by atoms with Crippen LogP contribution in [0.5, 0.6) is 0 Å². The Morgan fingerprint density at radius 2 is 1.96 bits per heavy atom. The molecule has 0 amide bonds. The lowest BCUT2D eigenvalue weighted by molar-refractivity contribution is 0.0160. The molecule has 0 aliphatic heterocycles. The van der Waals surface area contributed by atoms with Crippen molar-refractivity contribution < 1.29 is 4.74 Å². The molecular weight excluding hydrogens is 340 g/mol. The molecule has 0 spiro atoms. The average molecular weight is 389 g/mol. The Bertz CT molecular complexity index is 506. The van der Waals surface area contributed by atoms with E-state index in [4.69, 9.17) is 4.74 Å². The van der Waals surface area contributed by atoms with E-state index in [9.17, 15) is 0 Å². The molecule has 162 valence electrons. The van der Waals surface area contributed by atoms with Crippen LogP contribution in [0.3, 0.4) is 0 Å². The van der Waals surface area contributed by atoms with Crippen molar-refractivity contribution >= 4 is 0 Å². The first-order valence-electron chi connectivity index (χ1n) is 12.6. The van der Waals surface area contributed by atoms with Gasteiger partial charge in [-0.1, -0.05) is 58.6 Å². The van der Waals surface area contributed by atoms with Gasteiger partial charge in [0.15, 0.2) is 0 Å². The fourth-order valence-electron chi connectivity index (χ4n) is 7.14. The van der Waals surface area contributed by atoms with E-state index in [-0.39, 0.29) is 0 Å². The molecule has 28 heavy (non-hydrogen) atoms. The molecule has 0 aromatic rings. The molecule has 3 fully saturated rings. The van der Waals surface area contributed by atoms with Gasteiger partial charge in [-0.25, -0.2) is 0 Å². The van der Waals surface area contributed by atoms with Gasteiger partial charge in [0, 0.05) is 7.11 Å². The normalized spacial score (nSPS) is 40.2. The van der Waals surface area contributed by atoms with Crippen molar-refractivity contribution in [1.82, 2.24) is 0 Å². The van der Waals surface area contributed by atoms with E-state index in [0.717, 1.165) is 29.6 Å². The van der Waals surface area contributed by atoms with Crippen molar-refractivity contribution in [3.8, 4) is 0 Å². The molecule has 0 bridgehead atoms. The maximum absolute atomic E-state index is 5.65. The second kappa shape index (κ2) is 10.1. The van der Waals surface area contributed by atoms with Crippen molar-refractivity contribution in [2.45, 2.75) is 117 Å². The lowest BCUT2D eigenvalue weighted by atomic mass is 9.57. The highest BCUT2D eigenvalue weighted by atomic mass is 16.5. The quantitative estimate of drug-likeness (QED) is 0.301. The zero-order valence-electron chi connectivity index (χ0n) is 19.6. The van der Waals surface area contributed by atoms with Crippen molar-refractivity contribution in [3.63, 3.8) is 0 Å². The van der Waals surface area contributed by atoms with Gasteiger partial charge in [-0.05, 0) is 99.2 Å². The molecule has 3 aliphatic carbocycles. The highest BCUT2D eigenvalue weighted by Gasteiger charge is 2.51. The fraction of sp³-hybridized carbons (Fsp3) is 0.926. The van der Waals surface area contributed by atoms with Crippen LogP contribution in [-0.2, 0) is 4.74 Å². The van der Waals surface area contributed by atoms with Crippen LogP contribution in [-0.4, -0.2) is 13.2 Å². The average Bonchev–Trinajstić information content (AvgIpc) is 3.01. The fourth-order valence-corrected chi connectivity index (χ4v) is 7.14. The van der Waals surface area contributed by atoms with Crippen LogP contribution in [0.25, 0.3) is 0 Å². The van der Waals surface area contributed by atoms with Gasteiger partial charge in [0.05, 0.1) is 6.10 Å². The van der Waals surface area contributed by atoms with Crippen LogP contribution in [0.15, 0.2) is 11.6 Å². The standard InChI is InChI=1S/C27H48O/c1-20(2)9-6-7-11-23-14-16-26-25(21(3)17-18-27(23,26)4)15-13-22-10-8-12-24(19-22)28-5/h13,20-21,23-26H,6-12,14-19H2,1-5H3/b22-13+. The van der Waals surface area contributed by atoms with Crippen LogP contribution < -0.4 is 0 Å².